The predicted molar refractivity (Wildman–Crippen MR) is 72.9 cm³/mol. The second-order valence-corrected chi connectivity index (χ2v) is 4.91. The highest BCUT2D eigenvalue weighted by atomic mass is 16.6. The van der Waals surface area contributed by atoms with Crippen LogP contribution in [-0.2, 0) is 0 Å². The summed E-state index contributed by atoms with van der Waals surface area (Å²) in [5.41, 5.74) is 5.41. The lowest BCUT2D eigenvalue weighted by atomic mass is 9.92. The molecule has 0 spiro atoms. The van der Waals surface area contributed by atoms with Crippen molar-refractivity contribution in [3.8, 4) is 0 Å². The number of nitrogens with zero attached hydrogens (tertiary/aromatic N) is 4. The van der Waals surface area contributed by atoms with Crippen LogP contribution in [0.2, 0.25) is 0 Å². The third-order valence-corrected chi connectivity index (χ3v) is 3.62. The molecule has 1 aliphatic heterocycles. The molecule has 0 aliphatic carbocycles. The molecule has 1 saturated heterocycles. The van der Waals surface area contributed by atoms with Gasteiger partial charge in [0.1, 0.15) is 6.33 Å². The number of rotatable bonds is 4. The standard InChI is InChI=1S/C12H19N5O2/c1-2-3-9-4-6-16(7-5-9)12-10(17(18)19)11(13)14-8-15-12/h8-9H,2-7H2,1H3,(H2,13,14,15). The van der Waals surface area contributed by atoms with Gasteiger partial charge in [-0.15, -0.1) is 0 Å². The molecule has 2 N–H and O–H groups in total. The van der Waals surface area contributed by atoms with Gasteiger partial charge in [-0.1, -0.05) is 19.8 Å². The maximum Gasteiger partial charge on any atom is 0.353 e. The van der Waals surface area contributed by atoms with Gasteiger partial charge >= 0.3 is 5.69 Å². The third-order valence-electron chi connectivity index (χ3n) is 3.62. The third kappa shape index (κ3) is 2.91. The lowest BCUT2D eigenvalue weighted by molar-refractivity contribution is -0.383. The number of hydrogen-bond donors (Lipinski definition) is 1. The molecule has 7 heteroatoms. The molecule has 2 rings (SSSR count). The van der Waals surface area contributed by atoms with Crippen LogP contribution in [0.3, 0.4) is 0 Å². The van der Waals surface area contributed by atoms with Crippen LogP contribution in [0.5, 0.6) is 0 Å². The molecule has 19 heavy (non-hydrogen) atoms. The number of nitro groups is 1. The van der Waals surface area contributed by atoms with Crippen LogP contribution in [0.4, 0.5) is 17.3 Å². The van der Waals surface area contributed by atoms with Gasteiger partial charge < -0.3 is 10.6 Å². The molecule has 0 radical (unpaired) electrons. The zero-order valence-electron chi connectivity index (χ0n) is 11.1. The van der Waals surface area contributed by atoms with Gasteiger partial charge in [-0.2, -0.15) is 0 Å². The van der Waals surface area contributed by atoms with Crippen LogP contribution < -0.4 is 10.6 Å². The van der Waals surface area contributed by atoms with Crippen molar-refractivity contribution in [3.05, 3.63) is 16.4 Å². The van der Waals surface area contributed by atoms with Crippen molar-refractivity contribution < 1.29 is 4.92 Å². The van der Waals surface area contributed by atoms with Gasteiger partial charge in [-0.3, -0.25) is 10.1 Å². The van der Waals surface area contributed by atoms with E-state index in [1.165, 1.54) is 19.2 Å². The summed E-state index contributed by atoms with van der Waals surface area (Å²) >= 11 is 0. The number of nitrogen functional groups attached to an aromatic ring is 1. The number of hydrogen-bond acceptors (Lipinski definition) is 6. The topological polar surface area (TPSA) is 98.2 Å². The van der Waals surface area contributed by atoms with Gasteiger partial charge in [-0.25, -0.2) is 9.97 Å². The fraction of sp³-hybridized carbons (Fsp3) is 0.667. The van der Waals surface area contributed by atoms with Crippen LogP contribution in [0, 0.1) is 16.0 Å². The summed E-state index contributed by atoms with van der Waals surface area (Å²) in [4.78, 5) is 20.3. The minimum absolute atomic E-state index is 0.0642. The second kappa shape index (κ2) is 5.81. The normalized spacial score (nSPS) is 16.6. The summed E-state index contributed by atoms with van der Waals surface area (Å²) < 4.78 is 0. The molecular formula is C12H19N5O2. The van der Waals surface area contributed by atoms with Crippen LogP contribution in [0.1, 0.15) is 32.6 Å². The van der Waals surface area contributed by atoms with Gasteiger partial charge in [0.15, 0.2) is 0 Å². The highest BCUT2D eigenvalue weighted by Gasteiger charge is 2.28. The average Bonchev–Trinajstić information content (AvgIpc) is 2.39. The Morgan fingerprint density at radius 1 is 1.47 bits per heavy atom. The minimum Gasteiger partial charge on any atom is -0.378 e. The summed E-state index contributed by atoms with van der Waals surface area (Å²) in [7, 11) is 0. The van der Waals surface area contributed by atoms with Crippen molar-refractivity contribution in [1.82, 2.24) is 9.97 Å². The van der Waals surface area contributed by atoms with E-state index < -0.39 is 4.92 Å². The predicted octanol–water partition coefficient (Wildman–Crippen LogP) is 1.98. The zero-order valence-corrected chi connectivity index (χ0v) is 11.1. The summed E-state index contributed by atoms with van der Waals surface area (Å²) in [6, 6.07) is 0. The minimum atomic E-state index is -0.497. The lowest BCUT2D eigenvalue weighted by Crippen LogP contribution is -2.34. The van der Waals surface area contributed by atoms with Crippen molar-refractivity contribution in [2.75, 3.05) is 23.7 Å². The summed E-state index contributed by atoms with van der Waals surface area (Å²) in [5.74, 6) is 1.01. The van der Waals surface area contributed by atoms with E-state index in [1.807, 2.05) is 4.90 Å². The van der Waals surface area contributed by atoms with Crippen LogP contribution >= 0.6 is 0 Å². The first kappa shape index (κ1) is 13.5. The zero-order chi connectivity index (χ0) is 13.8. The number of nitrogens with two attached hydrogens (primary N) is 1. The van der Waals surface area contributed by atoms with E-state index in [0.29, 0.717) is 5.82 Å². The number of anilines is 2. The molecule has 0 unspecified atom stereocenters. The molecule has 1 aromatic heterocycles. The maximum absolute atomic E-state index is 11.1. The molecule has 2 heterocycles. The molecule has 0 amide bonds. The summed E-state index contributed by atoms with van der Waals surface area (Å²) in [6.45, 7) is 3.77. The van der Waals surface area contributed by atoms with E-state index in [2.05, 4.69) is 16.9 Å². The van der Waals surface area contributed by atoms with Gasteiger partial charge in [0.2, 0.25) is 11.6 Å². The first-order valence-corrected chi connectivity index (χ1v) is 6.63. The lowest BCUT2D eigenvalue weighted by Gasteiger charge is -2.32. The second-order valence-electron chi connectivity index (χ2n) is 4.91. The molecule has 0 aromatic carbocycles. The Morgan fingerprint density at radius 2 is 2.16 bits per heavy atom. The molecule has 1 aromatic rings. The Kier molecular flexibility index (Phi) is 4.13. The monoisotopic (exact) mass is 265 g/mol. The van der Waals surface area contributed by atoms with E-state index in [-0.39, 0.29) is 11.5 Å². The Labute approximate surface area is 112 Å². The van der Waals surface area contributed by atoms with Crippen LogP contribution in [0.25, 0.3) is 0 Å². The van der Waals surface area contributed by atoms with Crippen LogP contribution in [0.15, 0.2) is 6.33 Å². The highest BCUT2D eigenvalue weighted by molar-refractivity contribution is 5.68. The van der Waals surface area contributed by atoms with E-state index in [1.54, 1.807) is 0 Å². The average molecular weight is 265 g/mol. The van der Waals surface area contributed by atoms with E-state index in [9.17, 15) is 10.1 Å². The maximum atomic E-state index is 11.1. The van der Waals surface area contributed by atoms with Crippen LogP contribution in [-0.4, -0.2) is 28.0 Å². The Morgan fingerprint density at radius 3 is 2.74 bits per heavy atom. The molecule has 0 bridgehead atoms. The molecule has 0 saturated carbocycles. The highest BCUT2D eigenvalue weighted by Crippen LogP contribution is 2.33. The van der Waals surface area contributed by atoms with Crippen molar-refractivity contribution in [2.45, 2.75) is 32.6 Å². The number of aromatic nitrogens is 2. The van der Waals surface area contributed by atoms with E-state index in [0.717, 1.165) is 31.8 Å². The van der Waals surface area contributed by atoms with E-state index in [4.69, 9.17) is 5.73 Å². The first-order chi connectivity index (χ1) is 9.13. The van der Waals surface area contributed by atoms with Gasteiger partial charge in [-0.05, 0) is 18.8 Å². The van der Waals surface area contributed by atoms with E-state index >= 15 is 0 Å². The molecule has 0 atom stereocenters. The van der Waals surface area contributed by atoms with Crippen molar-refractivity contribution in [2.24, 2.45) is 5.92 Å². The number of piperidine rings is 1. The molecule has 104 valence electrons. The molecular weight excluding hydrogens is 246 g/mol. The molecule has 7 nitrogen and oxygen atoms in total. The molecule has 1 fully saturated rings. The Hall–Kier alpha value is -1.92. The largest absolute Gasteiger partial charge is 0.378 e. The van der Waals surface area contributed by atoms with Gasteiger partial charge in [0.25, 0.3) is 0 Å². The smallest absolute Gasteiger partial charge is 0.353 e. The Balaban J connectivity index is 2.15. The molecule has 1 aliphatic rings. The summed E-state index contributed by atoms with van der Waals surface area (Å²) in [5, 5.41) is 11.1. The van der Waals surface area contributed by atoms with Crippen molar-refractivity contribution >= 4 is 17.3 Å². The SMILES string of the molecule is CCCC1CCN(c2ncnc(N)c2[N+](=O)[O-])CC1. The summed E-state index contributed by atoms with van der Waals surface area (Å²) in [6.07, 6.45) is 5.80. The van der Waals surface area contributed by atoms with Crippen molar-refractivity contribution in [1.29, 1.82) is 0 Å². The van der Waals surface area contributed by atoms with Gasteiger partial charge in [0, 0.05) is 13.1 Å². The van der Waals surface area contributed by atoms with Crippen molar-refractivity contribution in [3.63, 3.8) is 0 Å². The quantitative estimate of drug-likeness (QED) is 0.660. The fourth-order valence-electron chi connectivity index (χ4n) is 2.63. The first-order valence-electron chi connectivity index (χ1n) is 6.63. The fourth-order valence-corrected chi connectivity index (χ4v) is 2.63. The van der Waals surface area contributed by atoms with Gasteiger partial charge in [0.05, 0.1) is 4.92 Å². The Bertz CT molecular complexity index is 457.